The number of nitrogens with zero attached hydrogens (tertiary/aromatic N) is 4. The van der Waals surface area contributed by atoms with Gasteiger partial charge in [-0.1, -0.05) is 13.8 Å². The maximum absolute atomic E-state index is 13.7. The predicted molar refractivity (Wildman–Crippen MR) is 173 cm³/mol. The first-order valence-corrected chi connectivity index (χ1v) is 15.6. The quantitative estimate of drug-likeness (QED) is 0.420. The van der Waals surface area contributed by atoms with Gasteiger partial charge in [0.1, 0.15) is 5.75 Å². The monoisotopic (exact) mass is 586 g/mol. The smallest absolute Gasteiger partial charge is 0.253 e. The molecule has 3 aliphatic rings. The SMILES string of the molecule is COc1cc(N2CCC3(CCN(C(=O)c4ccc(N5CCN(CCC(C)C)CC5)cc4)CC3)C2=O)ccc1/C(C=N)=C/N. The van der Waals surface area contributed by atoms with Crippen LogP contribution in [-0.2, 0) is 4.79 Å². The minimum Gasteiger partial charge on any atom is -0.496 e. The van der Waals surface area contributed by atoms with Gasteiger partial charge in [0, 0.05) is 92.4 Å². The summed E-state index contributed by atoms with van der Waals surface area (Å²) in [6, 6.07) is 13.6. The zero-order chi connectivity index (χ0) is 30.6. The van der Waals surface area contributed by atoms with Crippen LogP contribution in [0.25, 0.3) is 5.57 Å². The fraction of sp³-hybridized carbons (Fsp3) is 0.500. The average Bonchev–Trinajstić information content (AvgIpc) is 3.35. The van der Waals surface area contributed by atoms with Gasteiger partial charge in [-0.05, 0) is 74.5 Å². The van der Waals surface area contributed by atoms with Gasteiger partial charge >= 0.3 is 0 Å². The highest BCUT2D eigenvalue weighted by Crippen LogP contribution is 2.44. The molecule has 0 atom stereocenters. The molecule has 0 aromatic heterocycles. The fourth-order valence-corrected chi connectivity index (χ4v) is 6.64. The van der Waals surface area contributed by atoms with Crippen molar-refractivity contribution >= 4 is 35.0 Å². The van der Waals surface area contributed by atoms with Gasteiger partial charge in [0.15, 0.2) is 0 Å². The van der Waals surface area contributed by atoms with Crippen molar-refractivity contribution in [2.45, 2.75) is 39.5 Å². The largest absolute Gasteiger partial charge is 0.496 e. The summed E-state index contributed by atoms with van der Waals surface area (Å²) in [5.41, 5.74) is 9.15. The van der Waals surface area contributed by atoms with Crippen LogP contribution < -0.4 is 20.3 Å². The molecule has 9 nitrogen and oxygen atoms in total. The molecule has 3 fully saturated rings. The molecule has 2 aromatic rings. The third-order valence-electron chi connectivity index (χ3n) is 9.54. The summed E-state index contributed by atoms with van der Waals surface area (Å²) in [5, 5.41) is 7.61. The van der Waals surface area contributed by atoms with E-state index in [1.807, 2.05) is 40.1 Å². The number of rotatable bonds is 9. The zero-order valence-corrected chi connectivity index (χ0v) is 25.8. The number of hydrogen-bond donors (Lipinski definition) is 2. The zero-order valence-electron chi connectivity index (χ0n) is 25.8. The van der Waals surface area contributed by atoms with Gasteiger partial charge in [0.05, 0.1) is 12.5 Å². The van der Waals surface area contributed by atoms with Crippen LogP contribution in [0.15, 0.2) is 48.7 Å². The van der Waals surface area contributed by atoms with E-state index in [1.54, 1.807) is 7.11 Å². The first-order chi connectivity index (χ1) is 20.8. The molecule has 0 unspecified atom stereocenters. The number of carbonyl (C=O) groups is 2. The lowest BCUT2D eigenvalue weighted by Crippen LogP contribution is -2.47. The number of nitrogens with two attached hydrogens (primary N) is 1. The second-order valence-electron chi connectivity index (χ2n) is 12.5. The lowest BCUT2D eigenvalue weighted by Gasteiger charge is -2.38. The number of piperidine rings is 1. The second kappa shape index (κ2) is 13.2. The van der Waals surface area contributed by atoms with Crippen molar-refractivity contribution < 1.29 is 14.3 Å². The normalized spacial score (nSPS) is 19.4. The molecule has 0 radical (unpaired) electrons. The van der Waals surface area contributed by atoms with Crippen LogP contribution in [0, 0.1) is 16.7 Å². The number of piperazine rings is 1. The van der Waals surface area contributed by atoms with E-state index < -0.39 is 5.41 Å². The summed E-state index contributed by atoms with van der Waals surface area (Å²) in [6.45, 7) is 11.7. The summed E-state index contributed by atoms with van der Waals surface area (Å²) < 4.78 is 5.56. The van der Waals surface area contributed by atoms with Gasteiger partial charge < -0.3 is 30.6 Å². The highest BCUT2D eigenvalue weighted by atomic mass is 16.5. The van der Waals surface area contributed by atoms with E-state index in [1.165, 1.54) is 31.1 Å². The van der Waals surface area contributed by atoms with Crippen molar-refractivity contribution in [3.05, 3.63) is 59.8 Å². The van der Waals surface area contributed by atoms with Crippen molar-refractivity contribution in [1.82, 2.24) is 9.80 Å². The number of methoxy groups -OCH3 is 1. The minimum absolute atomic E-state index is 0.0393. The third kappa shape index (κ3) is 6.42. The molecular formula is C34H46N6O3. The summed E-state index contributed by atoms with van der Waals surface area (Å²) in [4.78, 5) is 35.8. The Hall–Kier alpha value is -3.85. The van der Waals surface area contributed by atoms with E-state index in [9.17, 15) is 9.59 Å². The molecule has 43 heavy (non-hydrogen) atoms. The lowest BCUT2D eigenvalue weighted by molar-refractivity contribution is -0.127. The van der Waals surface area contributed by atoms with Crippen LogP contribution in [-0.4, -0.2) is 87.3 Å². The van der Waals surface area contributed by atoms with Crippen LogP contribution in [0.2, 0.25) is 0 Å². The Morgan fingerprint density at radius 2 is 1.63 bits per heavy atom. The summed E-state index contributed by atoms with van der Waals surface area (Å²) >= 11 is 0. The van der Waals surface area contributed by atoms with Crippen LogP contribution in [0.5, 0.6) is 5.75 Å². The summed E-state index contributed by atoms with van der Waals surface area (Å²) in [6.07, 6.45) is 5.90. The number of nitrogens with one attached hydrogen (secondary N) is 1. The Bertz CT molecular complexity index is 1340. The topological polar surface area (TPSA) is 106 Å². The number of allylic oxidation sites excluding steroid dienone is 1. The van der Waals surface area contributed by atoms with Crippen LogP contribution >= 0.6 is 0 Å². The number of ether oxygens (including phenoxy) is 1. The second-order valence-corrected chi connectivity index (χ2v) is 12.5. The first kappa shape index (κ1) is 30.6. The maximum Gasteiger partial charge on any atom is 0.253 e. The maximum atomic E-state index is 13.7. The molecule has 9 heteroatoms. The number of hydrogen-bond acceptors (Lipinski definition) is 7. The molecule has 3 N–H and O–H groups in total. The predicted octanol–water partition coefficient (Wildman–Crippen LogP) is 4.47. The standard InChI is InChI=1S/C34H46N6O3/c1-25(2)10-14-37-18-20-38(21-19-37)28-6-4-26(5-7-28)32(41)39-15-11-34(12-16-39)13-17-40(33(34)42)29-8-9-30(27(23-35)24-36)31(22-29)43-3/h4-9,22-25,35H,10-21,36H2,1-3H3/b27-24+,35-23?. The number of anilines is 2. The highest BCUT2D eigenvalue weighted by Gasteiger charge is 2.49. The fourth-order valence-electron chi connectivity index (χ4n) is 6.64. The molecule has 5 rings (SSSR count). The van der Waals surface area contributed by atoms with E-state index in [0.29, 0.717) is 54.9 Å². The van der Waals surface area contributed by atoms with E-state index in [4.69, 9.17) is 15.9 Å². The summed E-state index contributed by atoms with van der Waals surface area (Å²) in [7, 11) is 1.57. The van der Waals surface area contributed by atoms with Gasteiger partial charge in [-0.25, -0.2) is 0 Å². The van der Waals surface area contributed by atoms with Gasteiger partial charge in [-0.3, -0.25) is 14.5 Å². The van der Waals surface area contributed by atoms with Crippen molar-refractivity contribution in [2.75, 3.05) is 69.3 Å². The van der Waals surface area contributed by atoms with Crippen molar-refractivity contribution in [3.63, 3.8) is 0 Å². The molecule has 0 bridgehead atoms. The summed E-state index contributed by atoms with van der Waals surface area (Å²) in [5.74, 6) is 1.46. The van der Waals surface area contributed by atoms with Gasteiger partial charge in [0.2, 0.25) is 5.91 Å². The van der Waals surface area contributed by atoms with E-state index >= 15 is 0 Å². The lowest BCUT2D eigenvalue weighted by atomic mass is 9.77. The molecule has 0 aliphatic carbocycles. The Morgan fingerprint density at radius 3 is 2.23 bits per heavy atom. The average molecular weight is 587 g/mol. The first-order valence-electron chi connectivity index (χ1n) is 15.6. The van der Waals surface area contributed by atoms with Crippen molar-refractivity contribution in [2.24, 2.45) is 17.1 Å². The minimum atomic E-state index is -0.443. The van der Waals surface area contributed by atoms with E-state index in [-0.39, 0.29) is 11.8 Å². The third-order valence-corrected chi connectivity index (χ3v) is 9.54. The Balaban J connectivity index is 1.16. The Morgan fingerprint density at radius 1 is 0.977 bits per heavy atom. The highest BCUT2D eigenvalue weighted by molar-refractivity contribution is 6.09. The van der Waals surface area contributed by atoms with Crippen molar-refractivity contribution in [1.29, 1.82) is 5.41 Å². The Kier molecular flexibility index (Phi) is 9.40. The molecule has 2 aromatic carbocycles. The molecule has 2 amide bonds. The van der Waals surface area contributed by atoms with Crippen molar-refractivity contribution in [3.8, 4) is 5.75 Å². The number of carbonyl (C=O) groups excluding carboxylic acids is 2. The molecule has 230 valence electrons. The Labute approximate surface area is 255 Å². The van der Waals surface area contributed by atoms with E-state index in [2.05, 4.69) is 35.8 Å². The number of benzene rings is 2. The van der Waals surface area contributed by atoms with Gasteiger partial charge in [-0.15, -0.1) is 0 Å². The van der Waals surface area contributed by atoms with E-state index in [0.717, 1.165) is 44.2 Å². The number of amides is 2. The van der Waals surface area contributed by atoms with Crippen LogP contribution in [0.3, 0.4) is 0 Å². The molecule has 3 heterocycles. The molecule has 3 saturated heterocycles. The molecule has 1 spiro atoms. The molecule has 3 aliphatic heterocycles. The van der Waals surface area contributed by atoms with Crippen LogP contribution in [0.4, 0.5) is 11.4 Å². The van der Waals surface area contributed by atoms with Gasteiger partial charge in [-0.2, -0.15) is 0 Å². The van der Waals surface area contributed by atoms with Crippen LogP contribution in [0.1, 0.15) is 55.5 Å². The number of likely N-dealkylation sites (tertiary alicyclic amines) is 1. The van der Waals surface area contributed by atoms with Gasteiger partial charge in [0.25, 0.3) is 5.91 Å². The molecule has 0 saturated carbocycles. The molecular weight excluding hydrogens is 540 g/mol.